The van der Waals surface area contributed by atoms with E-state index in [-0.39, 0.29) is 36.9 Å². The molecule has 0 spiro atoms. The lowest BCUT2D eigenvalue weighted by Gasteiger charge is -2.23. The van der Waals surface area contributed by atoms with Crippen LogP contribution in [0.5, 0.6) is 0 Å². The molecule has 0 saturated carbocycles. The summed E-state index contributed by atoms with van der Waals surface area (Å²) in [6.45, 7) is 4.17. The maximum absolute atomic E-state index is 6.05. The molecule has 94 valence electrons. The van der Waals surface area contributed by atoms with Crippen LogP contribution in [0.2, 0.25) is 0 Å². The van der Waals surface area contributed by atoms with Gasteiger partial charge in [-0.25, -0.2) is 0 Å². The van der Waals surface area contributed by atoms with E-state index in [1.165, 1.54) is 0 Å². The van der Waals surface area contributed by atoms with E-state index in [4.69, 9.17) is 11.5 Å². The van der Waals surface area contributed by atoms with Gasteiger partial charge in [0.05, 0.1) is 0 Å². The zero-order valence-electron chi connectivity index (χ0n) is 9.39. The van der Waals surface area contributed by atoms with E-state index in [1.807, 2.05) is 24.3 Å². The summed E-state index contributed by atoms with van der Waals surface area (Å²) >= 11 is 3.39. The van der Waals surface area contributed by atoms with E-state index in [0.717, 1.165) is 10.0 Å². The van der Waals surface area contributed by atoms with Crippen LogP contribution in [0.4, 0.5) is 0 Å². The predicted octanol–water partition coefficient (Wildman–Crippen LogP) is 3.28. The number of hydrogen-bond donors (Lipinski definition) is 2. The van der Waals surface area contributed by atoms with Gasteiger partial charge in [0.2, 0.25) is 0 Å². The summed E-state index contributed by atoms with van der Waals surface area (Å²) in [5, 5.41) is 0. The minimum absolute atomic E-state index is 0. The highest BCUT2D eigenvalue weighted by Gasteiger charge is 2.17. The van der Waals surface area contributed by atoms with Gasteiger partial charge < -0.3 is 11.5 Å². The van der Waals surface area contributed by atoms with Gasteiger partial charge in [-0.05, 0) is 23.6 Å². The standard InChI is InChI=1S/C11H17BrN2.2ClH/c1-7(2)10(13)11(14)8-3-5-9(12)6-4-8;;/h3-7,10-11H,13-14H2,1-2H3;2*1H/t10-,11-;;/m1../s1. The summed E-state index contributed by atoms with van der Waals surface area (Å²) in [7, 11) is 0. The molecular weight excluding hydrogens is 311 g/mol. The lowest BCUT2D eigenvalue weighted by atomic mass is 9.93. The van der Waals surface area contributed by atoms with Gasteiger partial charge >= 0.3 is 0 Å². The Kier molecular flexibility index (Phi) is 9.65. The average Bonchev–Trinajstić information content (AvgIpc) is 2.16. The van der Waals surface area contributed by atoms with Crippen LogP contribution in [0.3, 0.4) is 0 Å². The second-order valence-electron chi connectivity index (χ2n) is 3.90. The zero-order valence-corrected chi connectivity index (χ0v) is 12.6. The van der Waals surface area contributed by atoms with Crippen molar-refractivity contribution in [2.45, 2.75) is 25.9 Å². The van der Waals surface area contributed by atoms with E-state index in [0.29, 0.717) is 5.92 Å². The maximum Gasteiger partial charge on any atom is 0.0451 e. The zero-order chi connectivity index (χ0) is 10.7. The Morgan fingerprint density at radius 1 is 1.00 bits per heavy atom. The summed E-state index contributed by atoms with van der Waals surface area (Å²) in [5.74, 6) is 0.397. The molecule has 0 aliphatic rings. The Morgan fingerprint density at radius 2 is 1.44 bits per heavy atom. The molecule has 1 aromatic carbocycles. The van der Waals surface area contributed by atoms with Crippen molar-refractivity contribution in [3.8, 4) is 0 Å². The van der Waals surface area contributed by atoms with Crippen LogP contribution in [0, 0.1) is 5.92 Å². The summed E-state index contributed by atoms with van der Waals surface area (Å²) in [6.07, 6.45) is 0. The van der Waals surface area contributed by atoms with Gasteiger partial charge in [-0.1, -0.05) is 41.9 Å². The number of halogens is 3. The van der Waals surface area contributed by atoms with Crippen LogP contribution in [-0.2, 0) is 0 Å². The largest absolute Gasteiger partial charge is 0.326 e. The number of hydrogen-bond acceptors (Lipinski definition) is 2. The van der Waals surface area contributed by atoms with Gasteiger partial charge in [0.1, 0.15) is 0 Å². The van der Waals surface area contributed by atoms with Gasteiger partial charge in [0.25, 0.3) is 0 Å². The summed E-state index contributed by atoms with van der Waals surface area (Å²) in [4.78, 5) is 0. The van der Waals surface area contributed by atoms with Crippen LogP contribution < -0.4 is 11.5 Å². The first-order chi connectivity index (χ1) is 6.52. The van der Waals surface area contributed by atoms with E-state index in [1.54, 1.807) is 0 Å². The number of benzene rings is 1. The maximum atomic E-state index is 6.05. The van der Waals surface area contributed by atoms with Crippen LogP contribution in [0.25, 0.3) is 0 Å². The van der Waals surface area contributed by atoms with Crippen molar-refractivity contribution in [1.29, 1.82) is 0 Å². The molecule has 0 amide bonds. The molecule has 2 nitrogen and oxygen atoms in total. The first-order valence-electron chi connectivity index (χ1n) is 4.79. The molecule has 1 rings (SSSR count). The first-order valence-corrected chi connectivity index (χ1v) is 5.58. The van der Waals surface area contributed by atoms with Gasteiger partial charge in [0.15, 0.2) is 0 Å². The van der Waals surface area contributed by atoms with Crippen molar-refractivity contribution in [1.82, 2.24) is 0 Å². The third kappa shape index (κ3) is 5.02. The van der Waals surface area contributed by atoms with E-state index >= 15 is 0 Å². The van der Waals surface area contributed by atoms with Crippen molar-refractivity contribution < 1.29 is 0 Å². The van der Waals surface area contributed by atoms with Crippen molar-refractivity contribution in [3.63, 3.8) is 0 Å². The second-order valence-corrected chi connectivity index (χ2v) is 4.81. The lowest BCUT2D eigenvalue weighted by molar-refractivity contribution is 0.423. The van der Waals surface area contributed by atoms with Gasteiger partial charge in [0, 0.05) is 16.6 Å². The average molecular weight is 330 g/mol. The Labute approximate surface area is 118 Å². The van der Waals surface area contributed by atoms with Crippen molar-refractivity contribution >= 4 is 40.7 Å². The molecule has 0 aliphatic carbocycles. The van der Waals surface area contributed by atoms with Crippen molar-refractivity contribution in [2.75, 3.05) is 0 Å². The molecule has 0 unspecified atom stereocenters. The third-order valence-corrected chi connectivity index (χ3v) is 2.97. The van der Waals surface area contributed by atoms with Crippen LogP contribution in [0.1, 0.15) is 25.5 Å². The molecular formula is C11H19BrCl2N2. The fraction of sp³-hybridized carbons (Fsp3) is 0.455. The Balaban J connectivity index is 0. The smallest absolute Gasteiger partial charge is 0.0451 e. The fourth-order valence-corrected chi connectivity index (χ4v) is 1.59. The molecule has 4 N–H and O–H groups in total. The highest BCUT2D eigenvalue weighted by Crippen LogP contribution is 2.19. The van der Waals surface area contributed by atoms with Crippen molar-refractivity contribution in [3.05, 3.63) is 34.3 Å². The van der Waals surface area contributed by atoms with Crippen LogP contribution in [0.15, 0.2) is 28.7 Å². The molecule has 0 aromatic heterocycles. The summed E-state index contributed by atoms with van der Waals surface area (Å²) in [5.41, 5.74) is 13.1. The lowest BCUT2D eigenvalue weighted by Crippen LogP contribution is -2.38. The summed E-state index contributed by atoms with van der Waals surface area (Å²) in [6, 6.07) is 7.93. The highest BCUT2D eigenvalue weighted by molar-refractivity contribution is 9.10. The Hall–Kier alpha value is 0.200. The first kappa shape index (κ1) is 18.6. The predicted molar refractivity (Wildman–Crippen MR) is 78.4 cm³/mol. The molecule has 16 heavy (non-hydrogen) atoms. The normalized spacial score (nSPS) is 13.6. The quantitative estimate of drug-likeness (QED) is 0.894. The molecule has 2 atom stereocenters. The minimum atomic E-state index is -0.0805. The highest BCUT2D eigenvalue weighted by atomic mass is 79.9. The number of rotatable bonds is 3. The molecule has 0 fully saturated rings. The van der Waals surface area contributed by atoms with E-state index in [9.17, 15) is 0 Å². The molecule has 0 saturated heterocycles. The van der Waals surface area contributed by atoms with Crippen LogP contribution >= 0.6 is 40.7 Å². The minimum Gasteiger partial charge on any atom is -0.326 e. The van der Waals surface area contributed by atoms with Crippen LogP contribution in [-0.4, -0.2) is 6.04 Å². The van der Waals surface area contributed by atoms with E-state index < -0.39 is 0 Å². The SMILES string of the molecule is CC(C)[C@@H](N)[C@H](N)c1ccc(Br)cc1.Cl.Cl. The van der Waals surface area contributed by atoms with Gasteiger partial charge in [-0.3, -0.25) is 0 Å². The Morgan fingerprint density at radius 3 is 1.81 bits per heavy atom. The monoisotopic (exact) mass is 328 g/mol. The molecule has 1 aromatic rings. The van der Waals surface area contributed by atoms with Gasteiger partial charge in [-0.15, -0.1) is 24.8 Å². The third-order valence-electron chi connectivity index (χ3n) is 2.44. The molecule has 0 aliphatic heterocycles. The van der Waals surface area contributed by atoms with Crippen molar-refractivity contribution in [2.24, 2.45) is 17.4 Å². The molecule has 0 radical (unpaired) electrons. The second kappa shape index (κ2) is 8.31. The summed E-state index contributed by atoms with van der Waals surface area (Å²) < 4.78 is 1.06. The Bertz CT molecular complexity index is 291. The van der Waals surface area contributed by atoms with Gasteiger partial charge in [-0.2, -0.15) is 0 Å². The molecule has 0 heterocycles. The fourth-order valence-electron chi connectivity index (χ4n) is 1.32. The van der Waals surface area contributed by atoms with E-state index in [2.05, 4.69) is 29.8 Å². The number of nitrogens with two attached hydrogens (primary N) is 2. The molecule has 5 heteroatoms. The molecule has 0 bridgehead atoms. The topological polar surface area (TPSA) is 52.0 Å².